The molecule has 2 rings (SSSR count). The van der Waals surface area contributed by atoms with Gasteiger partial charge in [-0.25, -0.2) is 0 Å². The Labute approximate surface area is 111 Å². The van der Waals surface area contributed by atoms with Crippen LogP contribution < -0.4 is 15.4 Å². The minimum absolute atomic E-state index is 0.0265. The number of rotatable bonds is 5. The molecule has 1 unspecified atom stereocenters. The molecule has 7 heteroatoms. The minimum atomic E-state index is -0.235. The van der Waals surface area contributed by atoms with Crippen LogP contribution in [0.15, 0.2) is 12.1 Å². The SMILES string of the molecule is CCNC(=O)c1ccc(OCC2CNCCO2)nn1. The number of hydrogen-bond donors (Lipinski definition) is 2. The molecule has 104 valence electrons. The van der Waals surface area contributed by atoms with Crippen molar-refractivity contribution in [2.45, 2.75) is 13.0 Å². The van der Waals surface area contributed by atoms with Gasteiger partial charge in [-0.3, -0.25) is 4.79 Å². The first-order valence-corrected chi connectivity index (χ1v) is 6.36. The largest absolute Gasteiger partial charge is 0.474 e. The standard InChI is InChI=1S/C12H18N4O3/c1-2-14-12(17)10-3-4-11(16-15-10)19-8-9-7-13-5-6-18-9/h3-4,9,13H,2,5-8H2,1H3,(H,14,17). The van der Waals surface area contributed by atoms with Crippen molar-refractivity contribution in [2.24, 2.45) is 0 Å². The van der Waals surface area contributed by atoms with Gasteiger partial charge >= 0.3 is 0 Å². The van der Waals surface area contributed by atoms with Crippen molar-refractivity contribution in [3.63, 3.8) is 0 Å². The monoisotopic (exact) mass is 266 g/mol. The van der Waals surface area contributed by atoms with E-state index >= 15 is 0 Å². The van der Waals surface area contributed by atoms with E-state index in [1.807, 2.05) is 6.92 Å². The van der Waals surface area contributed by atoms with Gasteiger partial charge in [0.15, 0.2) is 5.69 Å². The van der Waals surface area contributed by atoms with E-state index in [9.17, 15) is 4.79 Å². The summed E-state index contributed by atoms with van der Waals surface area (Å²) >= 11 is 0. The molecule has 0 aliphatic carbocycles. The van der Waals surface area contributed by atoms with Crippen molar-refractivity contribution in [2.75, 3.05) is 32.8 Å². The van der Waals surface area contributed by atoms with Crippen LogP contribution >= 0.6 is 0 Å². The van der Waals surface area contributed by atoms with Crippen LogP contribution in [0.2, 0.25) is 0 Å². The molecular formula is C12H18N4O3. The van der Waals surface area contributed by atoms with E-state index in [1.54, 1.807) is 12.1 Å². The fraction of sp³-hybridized carbons (Fsp3) is 0.583. The summed E-state index contributed by atoms with van der Waals surface area (Å²) in [7, 11) is 0. The first kappa shape index (κ1) is 13.7. The van der Waals surface area contributed by atoms with E-state index in [0.29, 0.717) is 25.6 Å². The number of ether oxygens (including phenoxy) is 2. The molecule has 0 radical (unpaired) electrons. The van der Waals surface area contributed by atoms with Crippen molar-refractivity contribution in [3.8, 4) is 5.88 Å². The molecule has 1 saturated heterocycles. The zero-order valence-electron chi connectivity index (χ0n) is 10.9. The Balaban J connectivity index is 1.82. The van der Waals surface area contributed by atoms with E-state index in [4.69, 9.17) is 9.47 Å². The van der Waals surface area contributed by atoms with Gasteiger partial charge in [0.25, 0.3) is 5.91 Å². The maximum absolute atomic E-state index is 11.5. The Hall–Kier alpha value is -1.73. The molecule has 2 heterocycles. The number of aromatic nitrogens is 2. The average molecular weight is 266 g/mol. The molecule has 0 saturated carbocycles. The van der Waals surface area contributed by atoms with Gasteiger partial charge in [0.05, 0.1) is 6.61 Å². The zero-order valence-corrected chi connectivity index (χ0v) is 10.9. The Morgan fingerprint density at radius 2 is 2.47 bits per heavy atom. The molecule has 1 aromatic rings. The van der Waals surface area contributed by atoms with Crippen LogP contribution in [0.4, 0.5) is 0 Å². The number of morpholine rings is 1. The third-order valence-electron chi connectivity index (χ3n) is 2.63. The Bertz CT molecular complexity index is 404. The molecule has 0 aromatic carbocycles. The van der Waals surface area contributed by atoms with Gasteiger partial charge in [-0.15, -0.1) is 10.2 Å². The van der Waals surface area contributed by atoms with Gasteiger partial charge in [-0.2, -0.15) is 0 Å². The summed E-state index contributed by atoms with van der Waals surface area (Å²) in [6.45, 7) is 5.16. The normalized spacial score (nSPS) is 18.9. The molecule has 1 fully saturated rings. The highest BCUT2D eigenvalue weighted by Gasteiger charge is 2.14. The first-order chi connectivity index (χ1) is 9.29. The minimum Gasteiger partial charge on any atom is -0.474 e. The van der Waals surface area contributed by atoms with Crippen LogP contribution in [0.5, 0.6) is 5.88 Å². The summed E-state index contributed by atoms with van der Waals surface area (Å²) in [6.07, 6.45) is 0.0265. The summed E-state index contributed by atoms with van der Waals surface area (Å²) < 4.78 is 11.0. The quantitative estimate of drug-likeness (QED) is 0.754. The maximum Gasteiger partial charge on any atom is 0.271 e. The van der Waals surface area contributed by atoms with Crippen molar-refractivity contribution < 1.29 is 14.3 Å². The number of carbonyl (C=O) groups excluding carboxylic acids is 1. The van der Waals surface area contributed by atoms with E-state index < -0.39 is 0 Å². The lowest BCUT2D eigenvalue weighted by Gasteiger charge is -2.23. The molecule has 1 aliphatic heterocycles. The third-order valence-corrected chi connectivity index (χ3v) is 2.63. The number of carbonyl (C=O) groups is 1. The van der Waals surface area contributed by atoms with Gasteiger partial charge < -0.3 is 20.1 Å². The molecule has 1 aromatic heterocycles. The van der Waals surface area contributed by atoms with E-state index in [-0.39, 0.29) is 17.7 Å². The summed E-state index contributed by atoms with van der Waals surface area (Å²) in [6, 6.07) is 3.22. The second kappa shape index (κ2) is 7.01. The van der Waals surface area contributed by atoms with Gasteiger partial charge in [0, 0.05) is 25.7 Å². The Kier molecular flexibility index (Phi) is 5.05. The van der Waals surface area contributed by atoms with Gasteiger partial charge in [-0.05, 0) is 13.0 Å². The second-order valence-corrected chi connectivity index (χ2v) is 4.12. The lowest BCUT2D eigenvalue weighted by atomic mass is 10.3. The summed E-state index contributed by atoms with van der Waals surface area (Å²) in [4.78, 5) is 11.5. The molecule has 2 N–H and O–H groups in total. The smallest absolute Gasteiger partial charge is 0.271 e. The topological polar surface area (TPSA) is 85.4 Å². The van der Waals surface area contributed by atoms with Crippen molar-refractivity contribution in [1.29, 1.82) is 0 Å². The number of nitrogens with zero attached hydrogens (tertiary/aromatic N) is 2. The number of amides is 1. The van der Waals surface area contributed by atoms with E-state index in [1.165, 1.54) is 0 Å². The molecule has 1 aliphatic rings. The lowest BCUT2D eigenvalue weighted by molar-refractivity contribution is -0.000944. The van der Waals surface area contributed by atoms with Crippen molar-refractivity contribution >= 4 is 5.91 Å². The van der Waals surface area contributed by atoms with Gasteiger partial charge in [-0.1, -0.05) is 0 Å². The highest BCUT2D eigenvalue weighted by Crippen LogP contribution is 2.06. The summed E-state index contributed by atoms with van der Waals surface area (Å²) in [5, 5.41) is 13.5. The van der Waals surface area contributed by atoms with Crippen LogP contribution in [0, 0.1) is 0 Å². The van der Waals surface area contributed by atoms with Crippen LogP contribution in [0.1, 0.15) is 17.4 Å². The zero-order chi connectivity index (χ0) is 13.5. The molecule has 7 nitrogen and oxygen atoms in total. The fourth-order valence-electron chi connectivity index (χ4n) is 1.67. The Morgan fingerprint density at radius 1 is 1.58 bits per heavy atom. The predicted octanol–water partition coefficient (Wildman–Crippen LogP) is -0.406. The molecular weight excluding hydrogens is 248 g/mol. The van der Waals surface area contributed by atoms with Gasteiger partial charge in [0.1, 0.15) is 12.7 Å². The number of hydrogen-bond acceptors (Lipinski definition) is 6. The lowest BCUT2D eigenvalue weighted by Crippen LogP contribution is -2.41. The van der Waals surface area contributed by atoms with Crippen molar-refractivity contribution in [3.05, 3.63) is 17.8 Å². The van der Waals surface area contributed by atoms with E-state index in [2.05, 4.69) is 20.8 Å². The molecule has 1 amide bonds. The Morgan fingerprint density at radius 3 is 3.11 bits per heavy atom. The highest BCUT2D eigenvalue weighted by molar-refractivity contribution is 5.91. The van der Waals surface area contributed by atoms with E-state index in [0.717, 1.165) is 13.1 Å². The molecule has 0 spiro atoms. The van der Waals surface area contributed by atoms with Gasteiger partial charge in [0.2, 0.25) is 5.88 Å². The van der Waals surface area contributed by atoms with Crippen LogP contribution in [-0.4, -0.2) is 55.1 Å². The van der Waals surface area contributed by atoms with Crippen LogP contribution in [-0.2, 0) is 4.74 Å². The fourth-order valence-corrected chi connectivity index (χ4v) is 1.67. The number of nitrogens with one attached hydrogen (secondary N) is 2. The summed E-state index contributed by atoms with van der Waals surface area (Å²) in [5.41, 5.74) is 0.282. The van der Waals surface area contributed by atoms with Crippen LogP contribution in [0.25, 0.3) is 0 Å². The summed E-state index contributed by atoms with van der Waals surface area (Å²) in [5.74, 6) is 0.156. The maximum atomic E-state index is 11.5. The first-order valence-electron chi connectivity index (χ1n) is 6.36. The third kappa shape index (κ3) is 4.15. The van der Waals surface area contributed by atoms with Crippen molar-refractivity contribution in [1.82, 2.24) is 20.8 Å². The molecule has 19 heavy (non-hydrogen) atoms. The molecule has 0 bridgehead atoms. The predicted molar refractivity (Wildman–Crippen MR) is 68.1 cm³/mol. The van der Waals surface area contributed by atoms with Crippen LogP contribution in [0.3, 0.4) is 0 Å². The highest BCUT2D eigenvalue weighted by atomic mass is 16.5. The average Bonchev–Trinajstić information content (AvgIpc) is 2.47. The second-order valence-electron chi connectivity index (χ2n) is 4.12. The molecule has 1 atom stereocenters.